The molecule has 0 spiro atoms. The largest absolute Gasteiger partial charge is 0.465 e. The number of hydrogen-bond acceptors (Lipinski definition) is 8. The first-order valence-electron chi connectivity index (χ1n) is 11.7. The number of carbonyl (C=O) groups is 3. The van der Waals surface area contributed by atoms with Crippen molar-refractivity contribution in [3.8, 4) is 11.1 Å². The quantitative estimate of drug-likeness (QED) is 0.157. The zero-order valence-electron chi connectivity index (χ0n) is 21.2. The molecule has 38 heavy (non-hydrogen) atoms. The lowest BCUT2D eigenvalue weighted by Gasteiger charge is -2.20. The van der Waals surface area contributed by atoms with Gasteiger partial charge in [0.05, 0.1) is 45.9 Å². The number of fused-ring (bicyclic) bond motifs is 1. The van der Waals surface area contributed by atoms with Crippen molar-refractivity contribution in [2.24, 2.45) is 0 Å². The Balaban J connectivity index is 2.20. The van der Waals surface area contributed by atoms with E-state index in [-0.39, 0.29) is 50.5 Å². The number of ether oxygens (including phenoxy) is 2. The van der Waals surface area contributed by atoms with Gasteiger partial charge in [0.1, 0.15) is 5.82 Å². The molecule has 194 valence electrons. The van der Waals surface area contributed by atoms with Gasteiger partial charge in [-0.15, -0.1) is 0 Å². The molecular formula is C28H25N3O7. The van der Waals surface area contributed by atoms with Crippen molar-refractivity contribution in [2.75, 3.05) is 12.8 Å². The van der Waals surface area contributed by atoms with E-state index in [1.54, 1.807) is 57.2 Å². The van der Waals surface area contributed by atoms with Gasteiger partial charge in [-0.1, -0.05) is 42.5 Å². The summed E-state index contributed by atoms with van der Waals surface area (Å²) in [5.74, 6) is -2.11. The molecule has 0 radical (unpaired) electrons. The van der Waals surface area contributed by atoms with Gasteiger partial charge in [0.2, 0.25) is 0 Å². The third-order valence-corrected chi connectivity index (χ3v) is 6.08. The Morgan fingerprint density at radius 1 is 0.974 bits per heavy atom. The van der Waals surface area contributed by atoms with Crippen molar-refractivity contribution in [2.45, 2.75) is 26.9 Å². The summed E-state index contributed by atoms with van der Waals surface area (Å²) in [7, 11) is 1.15. The number of pyridine rings is 1. The normalized spacial score (nSPS) is 11.0. The first-order chi connectivity index (χ1) is 18.1. The highest BCUT2D eigenvalue weighted by molar-refractivity contribution is 6.16. The maximum atomic E-state index is 13.5. The number of aryl methyl sites for hydroxylation is 1. The van der Waals surface area contributed by atoms with Crippen LogP contribution in [0.2, 0.25) is 0 Å². The minimum Gasteiger partial charge on any atom is -0.465 e. The van der Waals surface area contributed by atoms with Crippen molar-refractivity contribution in [1.82, 2.24) is 4.40 Å². The Morgan fingerprint density at radius 3 is 2.21 bits per heavy atom. The number of nitro groups is 1. The third kappa shape index (κ3) is 4.36. The Bertz CT molecular complexity index is 1600. The van der Waals surface area contributed by atoms with Gasteiger partial charge in [0.15, 0.2) is 5.78 Å². The fraction of sp³-hybridized carbons (Fsp3) is 0.179. The second-order valence-corrected chi connectivity index (χ2v) is 8.79. The molecule has 2 heterocycles. The summed E-state index contributed by atoms with van der Waals surface area (Å²) in [6.45, 7) is 4.87. The molecule has 0 bridgehead atoms. The van der Waals surface area contributed by atoms with Gasteiger partial charge in [-0.3, -0.25) is 19.3 Å². The lowest BCUT2D eigenvalue weighted by atomic mass is 9.91. The van der Waals surface area contributed by atoms with Gasteiger partial charge in [-0.05, 0) is 32.9 Å². The molecule has 10 heteroatoms. The Kier molecular flexibility index (Phi) is 6.98. The highest BCUT2D eigenvalue weighted by Gasteiger charge is 2.34. The van der Waals surface area contributed by atoms with E-state index < -0.39 is 28.7 Å². The number of benzene rings is 2. The van der Waals surface area contributed by atoms with Crippen LogP contribution in [0.25, 0.3) is 16.6 Å². The van der Waals surface area contributed by atoms with Crippen LogP contribution in [0.1, 0.15) is 56.2 Å². The number of esters is 2. The van der Waals surface area contributed by atoms with Crippen LogP contribution in [-0.2, 0) is 9.47 Å². The summed E-state index contributed by atoms with van der Waals surface area (Å²) in [6.07, 6.45) is -0.532. The molecule has 10 nitrogen and oxygen atoms in total. The van der Waals surface area contributed by atoms with Crippen LogP contribution in [0.3, 0.4) is 0 Å². The SMILES string of the molecule is COC(=O)c1c(-c2ccccc2[N+](=O)[O-])c(C(=O)OC(C)C)c(C)n2c(N)c(C(=O)c3ccccc3)cc12. The van der Waals surface area contributed by atoms with Crippen LogP contribution in [0.15, 0.2) is 60.7 Å². The number of hydrogen-bond donors (Lipinski definition) is 1. The molecule has 0 atom stereocenters. The van der Waals surface area contributed by atoms with Crippen molar-refractivity contribution in [1.29, 1.82) is 0 Å². The van der Waals surface area contributed by atoms with E-state index in [0.717, 1.165) is 7.11 Å². The van der Waals surface area contributed by atoms with Crippen LogP contribution in [0, 0.1) is 17.0 Å². The molecule has 2 aromatic heterocycles. The van der Waals surface area contributed by atoms with E-state index in [0.29, 0.717) is 5.56 Å². The predicted octanol–water partition coefficient (Wildman–Crippen LogP) is 4.99. The summed E-state index contributed by atoms with van der Waals surface area (Å²) in [5, 5.41) is 12.0. The maximum Gasteiger partial charge on any atom is 0.340 e. The molecule has 2 N–H and O–H groups in total. The summed E-state index contributed by atoms with van der Waals surface area (Å²) in [5.41, 5.74) is 6.65. The molecule has 0 amide bonds. The number of nitro benzene ring substituents is 1. The fourth-order valence-corrected chi connectivity index (χ4v) is 4.49. The lowest BCUT2D eigenvalue weighted by molar-refractivity contribution is -0.384. The Labute approximate surface area is 217 Å². The van der Waals surface area contributed by atoms with E-state index in [9.17, 15) is 24.5 Å². The van der Waals surface area contributed by atoms with Crippen LogP contribution in [0.4, 0.5) is 11.5 Å². The molecular weight excluding hydrogens is 490 g/mol. The molecule has 2 aromatic carbocycles. The average Bonchev–Trinajstić information content (AvgIpc) is 3.24. The molecule has 0 saturated heterocycles. The van der Waals surface area contributed by atoms with Crippen molar-refractivity contribution < 1.29 is 28.8 Å². The Hall–Kier alpha value is -4.99. The monoisotopic (exact) mass is 515 g/mol. The number of nitrogen functional groups attached to an aromatic ring is 1. The number of anilines is 1. The summed E-state index contributed by atoms with van der Waals surface area (Å²) in [6, 6.07) is 15.6. The molecule has 0 unspecified atom stereocenters. The zero-order valence-corrected chi connectivity index (χ0v) is 21.2. The Morgan fingerprint density at radius 2 is 1.61 bits per heavy atom. The molecule has 0 saturated carbocycles. The molecule has 0 fully saturated rings. The molecule has 4 aromatic rings. The van der Waals surface area contributed by atoms with Gasteiger partial charge < -0.3 is 15.2 Å². The minimum atomic E-state index is -0.877. The number of carbonyl (C=O) groups excluding carboxylic acids is 3. The number of ketones is 1. The minimum absolute atomic E-state index is 0.00918. The van der Waals surface area contributed by atoms with Crippen molar-refractivity contribution in [3.63, 3.8) is 0 Å². The van der Waals surface area contributed by atoms with E-state index in [1.807, 2.05) is 0 Å². The van der Waals surface area contributed by atoms with E-state index in [4.69, 9.17) is 15.2 Å². The number of aromatic nitrogens is 1. The first kappa shape index (κ1) is 26.1. The molecule has 0 aliphatic carbocycles. The second kappa shape index (κ2) is 10.2. The fourth-order valence-electron chi connectivity index (χ4n) is 4.49. The van der Waals surface area contributed by atoms with Crippen molar-refractivity contribution in [3.05, 3.63) is 98.7 Å². The number of methoxy groups -OCH3 is 1. The van der Waals surface area contributed by atoms with Gasteiger partial charge in [0, 0.05) is 22.9 Å². The molecule has 0 aliphatic rings. The smallest absolute Gasteiger partial charge is 0.340 e. The standard InChI is InChI=1S/C28H25N3O7/c1-15(2)38-28(34)22-16(3)30-21(14-19(26(30)29)25(32)17-10-6-5-7-11-17)24(27(33)37-4)23(22)18-12-8-9-13-20(18)31(35)36/h5-15H,29H2,1-4H3. The van der Waals surface area contributed by atoms with E-state index >= 15 is 0 Å². The van der Waals surface area contributed by atoms with Gasteiger partial charge in [-0.25, -0.2) is 9.59 Å². The number of nitrogens with two attached hydrogens (primary N) is 1. The molecule has 0 aliphatic heterocycles. The van der Waals surface area contributed by atoms with E-state index in [2.05, 4.69) is 0 Å². The topological polar surface area (TPSA) is 143 Å². The predicted molar refractivity (Wildman–Crippen MR) is 140 cm³/mol. The van der Waals surface area contributed by atoms with E-state index in [1.165, 1.54) is 28.7 Å². The average molecular weight is 516 g/mol. The van der Waals surface area contributed by atoms with Gasteiger partial charge in [0.25, 0.3) is 5.69 Å². The van der Waals surface area contributed by atoms with Gasteiger partial charge in [-0.2, -0.15) is 0 Å². The third-order valence-electron chi connectivity index (χ3n) is 6.08. The number of para-hydroxylation sites is 1. The van der Waals surface area contributed by atoms with Crippen LogP contribution in [0.5, 0.6) is 0 Å². The van der Waals surface area contributed by atoms with Crippen LogP contribution in [-0.4, -0.2) is 40.3 Å². The zero-order chi connectivity index (χ0) is 27.7. The summed E-state index contributed by atoms with van der Waals surface area (Å²) < 4.78 is 11.9. The maximum absolute atomic E-state index is 13.5. The number of rotatable bonds is 7. The van der Waals surface area contributed by atoms with Crippen molar-refractivity contribution >= 4 is 34.7 Å². The lowest BCUT2D eigenvalue weighted by Crippen LogP contribution is -2.20. The first-order valence-corrected chi connectivity index (χ1v) is 11.7. The number of nitrogens with zero attached hydrogens (tertiary/aromatic N) is 2. The molecule has 4 rings (SSSR count). The highest BCUT2D eigenvalue weighted by atomic mass is 16.6. The van der Waals surface area contributed by atoms with Crippen LogP contribution >= 0.6 is 0 Å². The summed E-state index contributed by atoms with van der Waals surface area (Å²) >= 11 is 0. The highest BCUT2D eigenvalue weighted by Crippen LogP contribution is 2.41. The second-order valence-electron chi connectivity index (χ2n) is 8.79. The van der Waals surface area contributed by atoms with Gasteiger partial charge >= 0.3 is 11.9 Å². The summed E-state index contributed by atoms with van der Waals surface area (Å²) in [4.78, 5) is 51.5. The van der Waals surface area contributed by atoms with Crippen LogP contribution < -0.4 is 5.73 Å².